The number of allylic oxidation sites excluding steroid dienone is 2. The molecule has 0 unspecified atom stereocenters. The summed E-state index contributed by atoms with van der Waals surface area (Å²) in [4.78, 5) is 55.8. The molecule has 13 rings (SSSR count). The zero-order valence-corrected chi connectivity index (χ0v) is 66.8. The van der Waals surface area contributed by atoms with Crippen molar-refractivity contribution in [2.45, 2.75) is 367 Å². The standard InChI is InChI=1S/C77H120O40/c1-27-40(84)57(107-30(4)80)53(97)68(104-27)111-55-29(3)106-69(60(50(55)94)115-66-49(93)45(89)54(28(2)105-66)110-65-52(96)56(35(83)25-103-65)112-63-46(90)41(85)33(81)23-101-63)117-71(100)77-19-17-72(5,6)21-32(77)31-11-12-38-73(7)15-14-39(74(8,26-79)37(73)13-16-76(38,10)75(31,9)18-20-77)109-70-61(116-67-48(92)44(88)43(87)36(22-78)108-67)58(51(95)59(114-70)62(98)99)113-64-47(91)42(86)34(82)24-102-64/h11,26-29,32-61,63-70,78,81-97H,12-25H2,1-10H3,(H,98,99)/t27-,28+,29-,32+,33-,34-,35-,36-,37-,38-,39+,40-,41+,42+,43+,44+,45+,46-,47-,48-,49-,50+,51+,52-,53-,54+,55+,56+,57+,58+,59+,60-,61-,63+,64+,65+,66+,67+,68+,69+,70+,73+,74+,75-,76-,77+/m1/s1. The zero-order chi connectivity index (χ0) is 85.3. The maximum absolute atomic E-state index is 16.2. The Morgan fingerprint density at radius 3 is 1.58 bits per heavy atom. The van der Waals surface area contributed by atoms with Crippen LogP contribution < -0.4 is 0 Å². The van der Waals surface area contributed by atoms with Gasteiger partial charge in [-0.15, -0.1) is 0 Å². The number of esters is 2. The largest absolute Gasteiger partial charge is 0.479 e. The molecule has 0 amide bonds. The van der Waals surface area contributed by atoms with Gasteiger partial charge in [-0.25, -0.2) is 4.79 Å². The lowest BCUT2D eigenvalue weighted by Crippen LogP contribution is -2.69. The van der Waals surface area contributed by atoms with E-state index in [1.165, 1.54) is 20.8 Å². The third kappa shape index (κ3) is 16.4. The highest BCUT2D eigenvalue weighted by atomic mass is 16.8. The Bertz CT molecular complexity index is 3490. The van der Waals surface area contributed by atoms with Gasteiger partial charge in [0, 0.05) is 6.92 Å². The van der Waals surface area contributed by atoms with Gasteiger partial charge in [-0.05, 0) is 124 Å². The van der Waals surface area contributed by atoms with E-state index in [1.54, 1.807) is 6.92 Å². The molecule has 0 aromatic rings. The average Bonchev–Trinajstić information content (AvgIpc) is 0.672. The first-order chi connectivity index (χ1) is 54.9. The summed E-state index contributed by atoms with van der Waals surface area (Å²) >= 11 is 0. The summed E-state index contributed by atoms with van der Waals surface area (Å²) in [5.74, 6) is -4.44. The van der Waals surface area contributed by atoms with Crippen LogP contribution in [0.4, 0.5) is 0 Å². The quantitative estimate of drug-likeness (QED) is 0.0234. The number of aliphatic carboxylic acids is 1. The van der Waals surface area contributed by atoms with E-state index >= 15 is 4.79 Å². The first-order valence-corrected chi connectivity index (χ1v) is 40.6. The molecule has 13 aliphatic rings. The van der Waals surface area contributed by atoms with Crippen molar-refractivity contribution in [3.05, 3.63) is 11.6 Å². The van der Waals surface area contributed by atoms with Crippen LogP contribution in [0.5, 0.6) is 0 Å². The van der Waals surface area contributed by atoms with E-state index in [0.717, 1.165) is 18.8 Å². The summed E-state index contributed by atoms with van der Waals surface area (Å²) in [5, 5.41) is 210. The SMILES string of the molecule is CC(=O)O[C@@H]1[C@@H](O)[C@H](O[C@@H]2[C@H](O)[C@@H](O[C@@H]3O[C@@H](C)[C@H](O[C@@H]4OC[C@@H](O)[C@H](O[C@@H]5OC[C@@H](O)[C@H](O)[C@H]5O)[C@H]4O)[C@@H](O)[C@H]3O)[C@H](OC(=O)[C@]34CCC(C)(C)C[C@H]3C3=CC[C@@H]5[C@@]6(C)CC[C@H](O[C@H]7O[C@H](C(=O)O)[C@@H](O)[C@H](O[C@@H]8OC[C@@H](O)[C@H](O)[C@H]8O)[C@H]7O[C@@H]7O[C@H](CO)[C@H](O)[C@H](O)[C@H]7O)[C@@](C)(C=O)[C@@H]6CC[C@@]5(C)[C@]3(C)CC4)O[C@@H]2C)O[C@H](C)[C@H]1O. The lowest BCUT2D eigenvalue weighted by Gasteiger charge is -2.71. The fourth-order valence-electron chi connectivity index (χ4n) is 21.7. The van der Waals surface area contributed by atoms with Crippen molar-refractivity contribution < 1.29 is 197 Å². The first-order valence-electron chi connectivity index (χ1n) is 40.6. The van der Waals surface area contributed by atoms with E-state index in [-0.39, 0.29) is 24.2 Å². The molecule has 40 heteroatoms. The number of carboxylic acids is 1. The van der Waals surface area contributed by atoms with E-state index in [2.05, 4.69) is 40.7 Å². The van der Waals surface area contributed by atoms with Gasteiger partial charge < -0.3 is 182 Å². The lowest BCUT2D eigenvalue weighted by atomic mass is 9.33. The molecule has 19 N–H and O–H groups in total. The van der Waals surface area contributed by atoms with Gasteiger partial charge in [-0.3, -0.25) is 9.59 Å². The number of carbonyl (C=O) groups excluding carboxylic acids is 3. The molecule has 8 heterocycles. The van der Waals surface area contributed by atoms with Gasteiger partial charge in [0.15, 0.2) is 62.3 Å². The summed E-state index contributed by atoms with van der Waals surface area (Å²) in [6, 6.07) is 0. The normalized spacial score (nSPS) is 53.9. The number of aliphatic hydroxyl groups excluding tert-OH is 18. The second kappa shape index (κ2) is 34.8. The van der Waals surface area contributed by atoms with Crippen molar-refractivity contribution in [1.29, 1.82) is 0 Å². The molecule has 117 heavy (non-hydrogen) atoms. The molecule has 12 fully saturated rings. The van der Waals surface area contributed by atoms with Gasteiger partial charge in [0.25, 0.3) is 0 Å². The van der Waals surface area contributed by atoms with E-state index < -0.39 is 317 Å². The van der Waals surface area contributed by atoms with Crippen LogP contribution in [0.1, 0.15) is 133 Å². The molecule has 40 nitrogen and oxygen atoms in total. The Morgan fingerprint density at radius 2 is 0.966 bits per heavy atom. The van der Waals surface area contributed by atoms with E-state index in [1.807, 2.05) is 0 Å². The summed E-state index contributed by atoms with van der Waals surface area (Å²) in [6.07, 6.45) is -60.2. The van der Waals surface area contributed by atoms with Gasteiger partial charge in [0.05, 0.1) is 61.7 Å². The van der Waals surface area contributed by atoms with Crippen molar-refractivity contribution in [2.75, 3.05) is 26.4 Å². The molecule has 0 bridgehead atoms. The molecule has 0 spiro atoms. The van der Waals surface area contributed by atoms with Gasteiger partial charge >= 0.3 is 17.9 Å². The molecule has 8 saturated heterocycles. The lowest BCUT2D eigenvalue weighted by molar-refractivity contribution is -0.391. The summed E-state index contributed by atoms with van der Waals surface area (Å²) in [5.41, 5.74) is -3.89. The number of hydrogen-bond acceptors (Lipinski definition) is 39. The van der Waals surface area contributed by atoms with Crippen molar-refractivity contribution in [1.82, 2.24) is 0 Å². The molecule has 4 saturated carbocycles. The van der Waals surface area contributed by atoms with Crippen LogP contribution in [-0.4, -0.2) is 381 Å². The van der Waals surface area contributed by atoms with Gasteiger partial charge in [-0.1, -0.05) is 53.2 Å². The fraction of sp³-hybridized carbons (Fsp3) is 0.922. The number of fused-ring (bicyclic) bond motifs is 7. The van der Waals surface area contributed by atoms with Crippen LogP contribution in [0.25, 0.3) is 0 Å². The number of aliphatic hydroxyl groups is 18. The summed E-state index contributed by atoms with van der Waals surface area (Å²) < 4.78 is 102. The molecule has 0 radical (unpaired) electrons. The number of carbonyl (C=O) groups is 4. The highest BCUT2D eigenvalue weighted by Crippen LogP contribution is 2.76. The van der Waals surface area contributed by atoms with Crippen LogP contribution in [0.15, 0.2) is 11.6 Å². The highest BCUT2D eigenvalue weighted by Gasteiger charge is 2.72. The fourth-order valence-corrected chi connectivity index (χ4v) is 21.7. The number of rotatable bonds is 20. The minimum atomic E-state index is -2.23. The van der Waals surface area contributed by atoms with Gasteiger partial charge in [0.2, 0.25) is 6.29 Å². The molecule has 5 aliphatic carbocycles. The Morgan fingerprint density at radius 1 is 0.453 bits per heavy atom. The van der Waals surface area contributed by atoms with Gasteiger partial charge in [-0.2, -0.15) is 0 Å². The van der Waals surface area contributed by atoms with Crippen LogP contribution in [-0.2, 0) is 99.7 Å². The number of carboxylic acid groups (broad SMARTS) is 1. The Hall–Kier alpha value is -3.50. The van der Waals surface area contributed by atoms with Gasteiger partial charge in [0.1, 0.15) is 147 Å². The molecule has 46 atom stereocenters. The summed E-state index contributed by atoms with van der Waals surface area (Å²) in [6.45, 7) is 15.4. The Kier molecular flexibility index (Phi) is 27.1. The second-order valence-corrected chi connectivity index (χ2v) is 36.4. The predicted molar refractivity (Wildman–Crippen MR) is 382 cm³/mol. The molecular weight excluding hydrogens is 1560 g/mol. The minimum absolute atomic E-state index is 0.114. The van der Waals surface area contributed by atoms with Crippen molar-refractivity contribution >= 4 is 24.2 Å². The zero-order valence-electron chi connectivity index (χ0n) is 66.8. The van der Waals surface area contributed by atoms with E-state index in [0.29, 0.717) is 51.4 Å². The minimum Gasteiger partial charge on any atom is -0.479 e. The van der Waals surface area contributed by atoms with Crippen molar-refractivity contribution in [2.24, 2.45) is 50.2 Å². The molecule has 668 valence electrons. The molecular formula is C77H120O40. The third-order valence-electron chi connectivity index (χ3n) is 28.8. The maximum Gasteiger partial charge on any atom is 0.335 e. The predicted octanol–water partition coefficient (Wildman–Crippen LogP) is -5.90. The smallest absolute Gasteiger partial charge is 0.335 e. The van der Waals surface area contributed by atoms with Crippen LogP contribution in [0.3, 0.4) is 0 Å². The van der Waals surface area contributed by atoms with Crippen LogP contribution >= 0.6 is 0 Å². The Balaban J connectivity index is 0.763. The highest BCUT2D eigenvalue weighted by molar-refractivity contribution is 5.79. The van der Waals surface area contributed by atoms with E-state index in [9.17, 15) is 111 Å². The van der Waals surface area contributed by atoms with E-state index in [4.69, 9.17) is 80.5 Å². The average molecular weight is 1690 g/mol. The molecule has 0 aromatic heterocycles. The number of hydrogen-bond donors (Lipinski definition) is 19. The van der Waals surface area contributed by atoms with Crippen molar-refractivity contribution in [3.63, 3.8) is 0 Å². The molecule has 8 aliphatic heterocycles. The van der Waals surface area contributed by atoms with Crippen LogP contribution in [0.2, 0.25) is 0 Å². The second-order valence-electron chi connectivity index (χ2n) is 36.4. The topological polar surface area (TPSA) is 610 Å². The summed E-state index contributed by atoms with van der Waals surface area (Å²) in [7, 11) is 0. The first kappa shape index (κ1) is 91.2. The van der Waals surface area contributed by atoms with Crippen LogP contribution in [0, 0.1) is 50.2 Å². The molecule has 0 aromatic carbocycles. The maximum atomic E-state index is 16.2. The monoisotopic (exact) mass is 1680 g/mol. The number of aldehydes is 1. The van der Waals surface area contributed by atoms with Crippen molar-refractivity contribution in [3.8, 4) is 0 Å². The third-order valence-corrected chi connectivity index (χ3v) is 28.8. The number of ether oxygens (including phenoxy) is 17. The Labute approximate surface area is 673 Å².